The summed E-state index contributed by atoms with van der Waals surface area (Å²) in [5, 5.41) is 23.0. The maximum Gasteiger partial charge on any atom is 0.127 e. The first-order chi connectivity index (χ1) is 16.1. The molecule has 6 heteroatoms. The van der Waals surface area contributed by atoms with Gasteiger partial charge in [0, 0.05) is 27.3 Å². The lowest BCUT2D eigenvalue weighted by Crippen LogP contribution is -2.31. The van der Waals surface area contributed by atoms with Gasteiger partial charge in [-0.15, -0.1) is 23.7 Å². The van der Waals surface area contributed by atoms with E-state index in [-0.39, 0.29) is 23.9 Å². The quantitative estimate of drug-likeness (QED) is 0.282. The fourth-order valence-corrected chi connectivity index (χ4v) is 5.72. The number of halogens is 1. The van der Waals surface area contributed by atoms with Gasteiger partial charge < -0.3 is 19.8 Å². The standard InChI is InChI=1S/C28H29NO3S.ClH/c1-19(29-14-2-3-15-29)13-16-32-26-6-4-5-24(28(26)20-7-9-21(30)10-8-20)25-18-33-27-17-22(31)11-12-23(25)27;/h4-12,17-19,30-31H,2-3,13-16H2,1H3;1H. The topological polar surface area (TPSA) is 52.9 Å². The zero-order valence-electron chi connectivity index (χ0n) is 19.2. The van der Waals surface area contributed by atoms with Crippen LogP contribution in [0.2, 0.25) is 0 Å². The second-order valence-corrected chi connectivity index (χ2v) is 9.70. The molecule has 4 aromatic rings. The second kappa shape index (κ2) is 10.7. The zero-order valence-corrected chi connectivity index (χ0v) is 20.9. The van der Waals surface area contributed by atoms with Gasteiger partial charge in [0.05, 0.1) is 6.61 Å². The number of phenols is 2. The van der Waals surface area contributed by atoms with Crippen molar-refractivity contribution in [1.29, 1.82) is 0 Å². The molecule has 1 fully saturated rings. The van der Waals surface area contributed by atoms with Crippen LogP contribution in [0.3, 0.4) is 0 Å². The molecule has 0 saturated carbocycles. The Morgan fingerprint density at radius 2 is 1.68 bits per heavy atom. The monoisotopic (exact) mass is 495 g/mol. The largest absolute Gasteiger partial charge is 0.508 e. The zero-order chi connectivity index (χ0) is 22.8. The van der Waals surface area contributed by atoms with Crippen molar-refractivity contribution in [1.82, 2.24) is 4.90 Å². The van der Waals surface area contributed by atoms with Crippen LogP contribution in [-0.2, 0) is 0 Å². The molecule has 5 rings (SSSR count). The van der Waals surface area contributed by atoms with Crippen LogP contribution < -0.4 is 4.74 Å². The molecule has 0 spiro atoms. The number of likely N-dealkylation sites (tertiary alicyclic amines) is 1. The lowest BCUT2D eigenvalue weighted by molar-refractivity contribution is 0.206. The van der Waals surface area contributed by atoms with E-state index in [1.165, 1.54) is 25.9 Å². The Balaban J connectivity index is 0.00000274. The normalized spacial score (nSPS) is 14.7. The number of rotatable bonds is 7. The third-order valence-corrected chi connectivity index (χ3v) is 7.53. The highest BCUT2D eigenvalue weighted by Crippen LogP contribution is 2.44. The molecule has 1 atom stereocenters. The van der Waals surface area contributed by atoms with Gasteiger partial charge in [-0.3, -0.25) is 0 Å². The number of fused-ring (bicyclic) bond motifs is 1. The molecule has 4 nitrogen and oxygen atoms in total. The minimum absolute atomic E-state index is 0. The van der Waals surface area contributed by atoms with E-state index in [9.17, 15) is 10.2 Å². The molecule has 1 saturated heterocycles. The van der Waals surface area contributed by atoms with Gasteiger partial charge in [0.15, 0.2) is 0 Å². The number of hydrogen-bond acceptors (Lipinski definition) is 5. The Kier molecular flexibility index (Phi) is 7.67. The number of benzene rings is 3. The van der Waals surface area contributed by atoms with Crippen molar-refractivity contribution in [3.63, 3.8) is 0 Å². The van der Waals surface area contributed by atoms with E-state index in [4.69, 9.17) is 4.74 Å². The Morgan fingerprint density at radius 1 is 0.941 bits per heavy atom. The smallest absolute Gasteiger partial charge is 0.127 e. The number of aromatic hydroxyl groups is 2. The first-order valence-electron chi connectivity index (χ1n) is 11.6. The van der Waals surface area contributed by atoms with E-state index < -0.39 is 0 Å². The highest BCUT2D eigenvalue weighted by Gasteiger charge is 2.20. The molecule has 0 aliphatic carbocycles. The van der Waals surface area contributed by atoms with E-state index in [1.807, 2.05) is 36.4 Å². The molecule has 34 heavy (non-hydrogen) atoms. The molecule has 1 aliphatic heterocycles. The Hall–Kier alpha value is -2.73. The molecular formula is C28H30ClNO3S. The van der Waals surface area contributed by atoms with Crippen LogP contribution in [0.1, 0.15) is 26.2 Å². The number of thiophene rings is 1. The van der Waals surface area contributed by atoms with Gasteiger partial charge in [0.2, 0.25) is 0 Å². The lowest BCUT2D eigenvalue weighted by atomic mass is 9.93. The first kappa shape index (κ1) is 24.4. The summed E-state index contributed by atoms with van der Waals surface area (Å²) in [5.41, 5.74) is 4.24. The molecule has 1 aromatic heterocycles. The van der Waals surface area contributed by atoms with Crippen LogP contribution in [0, 0.1) is 0 Å². The van der Waals surface area contributed by atoms with Crippen molar-refractivity contribution < 1.29 is 14.9 Å². The molecule has 178 valence electrons. The van der Waals surface area contributed by atoms with Gasteiger partial charge in [0.1, 0.15) is 17.2 Å². The number of phenolic OH excluding ortho intramolecular Hbond substituents is 2. The van der Waals surface area contributed by atoms with E-state index in [0.717, 1.165) is 44.5 Å². The van der Waals surface area contributed by atoms with Crippen LogP contribution in [-0.4, -0.2) is 40.9 Å². The predicted octanol–water partition coefficient (Wildman–Crippen LogP) is 7.32. The number of hydrogen-bond donors (Lipinski definition) is 2. The summed E-state index contributed by atoms with van der Waals surface area (Å²) in [6.45, 7) is 5.33. The maximum absolute atomic E-state index is 9.89. The van der Waals surface area contributed by atoms with Gasteiger partial charge >= 0.3 is 0 Å². The number of ether oxygens (including phenoxy) is 1. The van der Waals surface area contributed by atoms with Crippen LogP contribution in [0.25, 0.3) is 32.3 Å². The minimum atomic E-state index is 0. The third-order valence-electron chi connectivity index (χ3n) is 6.59. The molecule has 1 unspecified atom stereocenters. The fourth-order valence-electron chi connectivity index (χ4n) is 4.73. The Labute approximate surface area is 210 Å². The third kappa shape index (κ3) is 5.02. The Morgan fingerprint density at radius 3 is 2.44 bits per heavy atom. The average molecular weight is 496 g/mol. The maximum atomic E-state index is 9.89. The van der Waals surface area contributed by atoms with Crippen LogP contribution in [0.5, 0.6) is 17.2 Å². The first-order valence-corrected chi connectivity index (χ1v) is 12.5. The fraction of sp³-hybridized carbons (Fsp3) is 0.286. The van der Waals surface area contributed by atoms with Gasteiger partial charge in [-0.1, -0.05) is 24.3 Å². The van der Waals surface area contributed by atoms with Crippen molar-refractivity contribution in [2.45, 2.75) is 32.2 Å². The van der Waals surface area contributed by atoms with Crippen molar-refractivity contribution in [2.75, 3.05) is 19.7 Å². The van der Waals surface area contributed by atoms with Gasteiger partial charge in [0.25, 0.3) is 0 Å². The number of nitrogens with zero attached hydrogens (tertiary/aromatic N) is 1. The average Bonchev–Trinajstić information content (AvgIpc) is 3.50. The van der Waals surface area contributed by atoms with Gasteiger partial charge in [-0.2, -0.15) is 0 Å². The van der Waals surface area contributed by atoms with Crippen molar-refractivity contribution >= 4 is 33.8 Å². The van der Waals surface area contributed by atoms with Crippen molar-refractivity contribution in [3.05, 3.63) is 66.0 Å². The van der Waals surface area contributed by atoms with Crippen LogP contribution in [0.4, 0.5) is 0 Å². The molecule has 2 heterocycles. The summed E-state index contributed by atoms with van der Waals surface area (Å²) in [7, 11) is 0. The molecule has 0 bridgehead atoms. The molecule has 3 aromatic carbocycles. The SMILES string of the molecule is CC(CCOc1cccc(-c2csc3cc(O)ccc23)c1-c1ccc(O)cc1)N1CCCC1.Cl. The summed E-state index contributed by atoms with van der Waals surface area (Å²) in [6.07, 6.45) is 3.58. The van der Waals surface area contributed by atoms with Crippen molar-refractivity contribution in [3.8, 4) is 39.5 Å². The van der Waals surface area contributed by atoms with E-state index in [2.05, 4.69) is 23.3 Å². The molecule has 0 amide bonds. The lowest BCUT2D eigenvalue weighted by Gasteiger charge is -2.24. The predicted molar refractivity (Wildman–Crippen MR) is 144 cm³/mol. The highest BCUT2D eigenvalue weighted by atomic mass is 35.5. The molecular weight excluding hydrogens is 466 g/mol. The van der Waals surface area contributed by atoms with Gasteiger partial charge in [-0.25, -0.2) is 0 Å². The summed E-state index contributed by atoms with van der Waals surface area (Å²) in [4.78, 5) is 2.55. The summed E-state index contributed by atoms with van der Waals surface area (Å²) < 4.78 is 7.44. The second-order valence-electron chi connectivity index (χ2n) is 8.78. The van der Waals surface area contributed by atoms with E-state index in [1.54, 1.807) is 29.5 Å². The summed E-state index contributed by atoms with van der Waals surface area (Å²) in [6, 6.07) is 19.5. The highest BCUT2D eigenvalue weighted by molar-refractivity contribution is 7.17. The summed E-state index contributed by atoms with van der Waals surface area (Å²) >= 11 is 1.62. The Bertz CT molecular complexity index is 1250. The minimum Gasteiger partial charge on any atom is -0.508 e. The molecule has 0 radical (unpaired) electrons. The van der Waals surface area contributed by atoms with Crippen LogP contribution in [0.15, 0.2) is 66.0 Å². The van der Waals surface area contributed by atoms with E-state index in [0.29, 0.717) is 12.6 Å². The van der Waals surface area contributed by atoms with Crippen molar-refractivity contribution in [2.24, 2.45) is 0 Å². The molecule has 1 aliphatic rings. The molecule has 2 N–H and O–H groups in total. The van der Waals surface area contributed by atoms with Gasteiger partial charge in [-0.05, 0) is 92.2 Å². The van der Waals surface area contributed by atoms with E-state index >= 15 is 0 Å². The van der Waals surface area contributed by atoms with Crippen LogP contribution >= 0.6 is 23.7 Å². The summed E-state index contributed by atoms with van der Waals surface area (Å²) in [5.74, 6) is 1.37.